The summed E-state index contributed by atoms with van der Waals surface area (Å²) < 4.78 is 0. The van der Waals surface area contributed by atoms with Gasteiger partial charge in [0, 0.05) is 21.0 Å². The highest BCUT2D eigenvalue weighted by molar-refractivity contribution is 7.11. The second-order valence-electron chi connectivity index (χ2n) is 4.43. The van der Waals surface area contributed by atoms with Gasteiger partial charge in [0.2, 0.25) is 0 Å². The van der Waals surface area contributed by atoms with E-state index in [1.54, 1.807) is 11.3 Å². The number of benzene rings is 1. The molecule has 1 heterocycles. The number of nitrogens with one attached hydrogen (secondary N) is 1. The molecule has 0 radical (unpaired) electrons. The number of thiazole rings is 1. The average molecular weight is 315 g/mol. The van der Waals surface area contributed by atoms with E-state index in [9.17, 15) is 0 Å². The molecule has 0 bridgehead atoms. The summed E-state index contributed by atoms with van der Waals surface area (Å²) in [6.07, 6.45) is 0.761. The van der Waals surface area contributed by atoms with E-state index in [1.807, 2.05) is 39.1 Å². The summed E-state index contributed by atoms with van der Waals surface area (Å²) in [7, 11) is 1.95. The maximum atomic E-state index is 6.24. The molecule has 0 aliphatic heterocycles. The SMILES string of the molecule is CNC(Cc1c(Cl)cccc1Cl)c1sc(C)nc1C. The maximum absolute atomic E-state index is 6.24. The lowest BCUT2D eigenvalue weighted by atomic mass is 10.0. The largest absolute Gasteiger partial charge is 0.312 e. The van der Waals surface area contributed by atoms with Crippen LogP contribution >= 0.6 is 34.5 Å². The van der Waals surface area contributed by atoms with Crippen molar-refractivity contribution in [3.05, 3.63) is 49.4 Å². The van der Waals surface area contributed by atoms with E-state index < -0.39 is 0 Å². The quantitative estimate of drug-likeness (QED) is 0.894. The van der Waals surface area contributed by atoms with Crippen LogP contribution in [0.25, 0.3) is 0 Å². The minimum atomic E-state index is 0.184. The van der Waals surface area contributed by atoms with Crippen molar-refractivity contribution >= 4 is 34.5 Å². The van der Waals surface area contributed by atoms with E-state index in [4.69, 9.17) is 23.2 Å². The Morgan fingerprint density at radius 1 is 1.26 bits per heavy atom. The van der Waals surface area contributed by atoms with Crippen molar-refractivity contribution in [2.45, 2.75) is 26.3 Å². The summed E-state index contributed by atoms with van der Waals surface area (Å²) in [5.74, 6) is 0. The van der Waals surface area contributed by atoms with Gasteiger partial charge in [0.15, 0.2) is 0 Å². The molecule has 0 aliphatic rings. The number of halogens is 2. The number of likely N-dealkylation sites (N-methyl/N-ethyl adjacent to an activating group) is 1. The fourth-order valence-electron chi connectivity index (χ4n) is 2.13. The van der Waals surface area contributed by atoms with Gasteiger partial charge in [-0.1, -0.05) is 29.3 Å². The first-order valence-electron chi connectivity index (χ1n) is 6.07. The van der Waals surface area contributed by atoms with Gasteiger partial charge in [0.1, 0.15) is 0 Å². The van der Waals surface area contributed by atoms with E-state index in [0.717, 1.165) is 22.7 Å². The fourth-order valence-corrected chi connectivity index (χ4v) is 3.72. The molecular formula is C14H16Cl2N2S. The van der Waals surface area contributed by atoms with Crippen LogP contribution in [-0.4, -0.2) is 12.0 Å². The number of hydrogen-bond donors (Lipinski definition) is 1. The molecular weight excluding hydrogens is 299 g/mol. The Labute approximate surface area is 127 Å². The first-order chi connectivity index (χ1) is 9.02. The number of aryl methyl sites for hydroxylation is 2. The second kappa shape index (κ2) is 6.23. The lowest BCUT2D eigenvalue weighted by Gasteiger charge is -2.17. The molecule has 2 nitrogen and oxygen atoms in total. The highest BCUT2D eigenvalue weighted by Crippen LogP contribution is 2.32. The molecule has 1 aromatic carbocycles. The van der Waals surface area contributed by atoms with Crippen molar-refractivity contribution < 1.29 is 0 Å². The van der Waals surface area contributed by atoms with Gasteiger partial charge in [0.05, 0.1) is 10.7 Å². The van der Waals surface area contributed by atoms with Crippen molar-refractivity contribution in [3.63, 3.8) is 0 Å². The van der Waals surface area contributed by atoms with Gasteiger partial charge in [-0.05, 0) is 45.0 Å². The number of aromatic nitrogens is 1. The predicted molar refractivity (Wildman–Crippen MR) is 83.6 cm³/mol. The summed E-state index contributed by atoms with van der Waals surface area (Å²) in [5, 5.41) is 5.84. The van der Waals surface area contributed by atoms with Crippen LogP contribution < -0.4 is 5.32 Å². The Morgan fingerprint density at radius 3 is 2.37 bits per heavy atom. The molecule has 0 saturated carbocycles. The van der Waals surface area contributed by atoms with E-state index in [2.05, 4.69) is 10.3 Å². The summed E-state index contributed by atoms with van der Waals surface area (Å²) in [4.78, 5) is 5.73. The number of nitrogens with zero attached hydrogens (tertiary/aromatic N) is 1. The van der Waals surface area contributed by atoms with E-state index >= 15 is 0 Å². The molecule has 0 saturated heterocycles. The van der Waals surface area contributed by atoms with Gasteiger partial charge >= 0.3 is 0 Å². The van der Waals surface area contributed by atoms with Crippen molar-refractivity contribution in [1.29, 1.82) is 0 Å². The van der Waals surface area contributed by atoms with Gasteiger partial charge in [-0.15, -0.1) is 11.3 Å². The van der Waals surface area contributed by atoms with E-state index in [0.29, 0.717) is 10.0 Å². The lowest BCUT2D eigenvalue weighted by molar-refractivity contribution is 0.598. The summed E-state index contributed by atoms with van der Waals surface area (Å²) in [6.45, 7) is 4.06. The summed E-state index contributed by atoms with van der Waals surface area (Å²) in [5.41, 5.74) is 2.06. The van der Waals surface area contributed by atoms with Gasteiger partial charge in [-0.2, -0.15) is 0 Å². The molecule has 0 aliphatic carbocycles. The van der Waals surface area contributed by atoms with Gasteiger partial charge in [-0.25, -0.2) is 4.98 Å². The Morgan fingerprint density at radius 2 is 1.89 bits per heavy atom. The average Bonchev–Trinajstić information content (AvgIpc) is 2.68. The summed E-state index contributed by atoms with van der Waals surface area (Å²) in [6, 6.07) is 5.80. The van der Waals surface area contributed by atoms with Crippen LogP contribution in [-0.2, 0) is 6.42 Å². The highest BCUT2D eigenvalue weighted by atomic mass is 35.5. The highest BCUT2D eigenvalue weighted by Gasteiger charge is 2.19. The number of hydrogen-bond acceptors (Lipinski definition) is 3. The third kappa shape index (κ3) is 3.29. The van der Waals surface area contributed by atoms with E-state index in [1.165, 1.54) is 4.88 Å². The first-order valence-corrected chi connectivity index (χ1v) is 7.64. The molecule has 0 fully saturated rings. The predicted octanol–water partition coefficient (Wildman–Crippen LogP) is 4.57. The standard InChI is InChI=1S/C14H16Cl2N2S/c1-8-14(19-9(2)18-8)13(17-3)7-10-11(15)5-4-6-12(10)16/h4-6,13,17H,7H2,1-3H3. The van der Waals surface area contributed by atoms with Crippen LogP contribution in [0.5, 0.6) is 0 Å². The zero-order chi connectivity index (χ0) is 14.0. The number of rotatable bonds is 4. The molecule has 2 rings (SSSR count). The van der Waals surface area contributed by atoms with Crippen molar-refractivity contribution in [2.75, 3.05) is 7.05 Å². The third-order valence-electron chi connectivity index (χ3n) is 3.07. The van der Waals surface area contributed by atoms with Crippen LogP contribution in [0, 0.1) is 13.8 Å². The second-order valence-corrected chi connectivity index (χ2v) is 6.48. The molecule has 2 aromatic rings. The van der Waals surface area contributed by atoms with Crippen LogP contribution in [0.2, 0.25) is 10.0 Å². The minimum Gasteiger partial charge on any atom is -0.312 e. The molecule has 102 valence electrons. The van der Waals surface area contributed by atoms with Crippen molar-refractivity contribution in [3.8, 4) is 0 Å². The first kappa shape index (κ1) is 14.8. The van der Waals surface area contributed by atoms with Crippen LogP contribution in [0.3, 0.4) is 0 Å². The van der Waals surface area contributed by atoms with Crippen LogP contribution in [0.1, 0.15) is 27.2 Å². The Bertz CT molecular complexity index is 561. The van der Waals surface area contributed by atoms with Crippen molar-refractivity contribution in [1.82, 2.24) is 10.3 Å². The molecule has 1 aromatic heterocycles. The Hall–Kier alpha value is -0.610. The fraction of sp³-hybridized carbons (Fsp3) is 0.357. The minimum absolute atomic E-state index is 0.184. The third-order valence-corrected chi connectivity index (χ3v) is 4.97. The van der Waals surface area contributed by atoms with Gasteiger partial charge in [0.25, 0.3) is 0 Å². The molecule has 0 spiro atoms. The monoisotopic (exact) mass is 314 g/mol. The molecule has 1 N–H and O–H groups in total. The van der Waals surface area contributed by atoms with Crippen LogP contribution in [0.15, 0.2) is 18.2 Å². The zero-order valence-electron chi connectivity index (χ0n) is 11.1. The van der Waals surface area contributed by atoms with Crippen LogP contribution in [0.4, 0.5) is 0 Å². The molecule has 0 amide bonds. The zero-order valence-corrected chi connectivity index (χ0v) is 13.5. The Kier molecular flexibility index (Phi) is 4.85. The van der Waals surface area contributed by atoms with E-state index in [-0.39, 0.29) is 6.04 Å². The normalized spacial score (nSPS) is 12.7. The van der Waals surface area contributed by atoms with Gasteiger partial charge < -0.3 is 5.32 Å². The molecule has 19 heavy (non-hydrogen) atoms. The van der Waals surface area contributed by atoms with Gasteiger partial charge in [-0.3, -0.25) is 0 Å². The smallest absolute Gasteiger partial charge is 0.0900 e. The molecule has 1 unspecified atom stereocenters. The lowest BCUT2D eigenvalue weighted by Crippen LogP contribution is -2.19. The summed E-state index contributed by atoms with van der Waals surface area (Å²) >= 11 is 14.2. The van der Waals surface area contributed by atoms with Crippen molar-refractivity contribution in [2.24, 2.45) is 0 Å². The maximum Gasteiger partial charge on any atom is 0.0900 e. The molecule has 1 atom stereocenters. The molecule has 5 heteroatoms. The topological polar surface area (TPSA) is 24.9 Å². The Balaban J connectivity index is 2.32.